The van der Waals surface area contributed by atoms with Crippen LogP contribution in [0.2, 0.25) is 0 Å². The Kier molecular flexibility index (Phi) is 8.65. The molecule has 1 fully saturated rings. The Morgan fingerprint density at radius 3 is 2.53 bits per heavy atom. The predicted molar refractivity (Wildman–Crippen MR) is 143 cm³/mol. The molecule has 0 saturated heterocycles. The van der Waals surface area contributed by atoms with Gasteiger partial charge in [0.1, 0.15) is 6.29 Å². The minimum absolute atomic E-state index is 0.0329. The van der Waals surface area contributed by atoms with Crippen molar-refractivity contribution < 1.29 is 9.59 Å². The first-order valence-electron chi connectivity index (χ1n) is 12.8. The first kappa shape index (κ1) is 25.3. The molecule has 0 aliphatic heterocycles. The van der Waals surface area contributed by atoms with Crippen LogP contribution < -0.4 is 10.6 Å². The van der Waals surface area contributed by atoms with Crippen LogP contribution in [0.25, 0.3) is 11.1 Å². The largest absolute Gasteiger partial charge is 0.354 e. The molecule has 4 rings (SSSR count). The summed E-state index contributed by atoms with van der Waals surface area (Å²) in [6.45, 7) is 3.36. The van der Waals surface area contributed by atoms with E-state index in [0.29, 0.717) is 30.0 Å². The van der Waals surface area contributed by atoms with Gasteiger partial charge in [-0.25, -0.2) is 0 Å². The summed E-state index contributed by atoms with van der Waals surface area (Å²) < 4.78 is 0. The molecule has 1 unspecified atom stereocenters. The van der Waals surface area contributed by atoms with E-state index in [1.165, 1.54) is 18.4 Å². The molecule has 0 heterocycles. The number of benzene rings is 3. The molecule has 1 aliphatic carbocycles. The zero-order valence-electron chi connectivity index (χ0n) is 20.7. The van der Waals surface area contributed by atoms with E-state index in [1.807, 2.05) is 55.5 Å². The predicted octanol–water partition coefficient (Wildman–Crippen LogP) is 5.26. The third kappa shape index (κ3) is 6.68. The van der Waals surface area contributed by atoms with Crippen molar-refractivity contribution in [2.75, 3.05) is 13.1 Å². The highest BCUT2D eigenvalue weighted by Crippen LogP contribution is 2.30. The van der Waals surface area contributed by atoms with E-state index in [9.17, 15) is 14.9 Å². The first-order chi connectivity index (χ1) is 17.6. The molecule has 1 saturated carbocycles. The van der Waals surface area contributed by atoms with Crippen molar-refractivity contribution >= 4 is 12.2 Å². The van der Waals surface area contributed by atoms with Gasteiger partial charge >= 0.3 is 0 Å². The number of carbonyl (C=O) groups is 2. The second-order valence-corrected chi connectivity index (χ2v) is 9.61. The van der Waals surface area contributed by atoms with Crippen molar-refractivity contribution in [1.29, 1.82) is 5.26 Å². The molecule has 0 bridgehead atoms. The van der Waals surface area contributed by atoms with Gasteiger partial charge in [-0.1, -0.05) is 61.5 Å². The van der Waals surface area contributed by atoms with Gasteiger partial charge in [-0.15, -0.1) is 0 Å². The van der Waals surface area contributed by atoms with Crippen LogP contribution in [0.4, 0.5) is 0 Å². The van der Waals surface area contributed by atoms with Gasteiger partial charge in [0.25, 0.3) is 0 Å². The van der Waals surface area contributed by atoms with Crippen molar-refractivity contribution in [3.63, 3.8) is 0 Å². The Bertz CT molecular complexity index is 1230. The standard InChI is InChI=1S/C31H33N3O2/c1-2-30(31(36)34-19-23-12-13-23)33-20-28(14-22-8-4-3-5-9-22)26-15-24(21-35)16-27(17-26)29-11-7-6-10-25(29)18-32/h3-11,15-17,21,23,28,30,33H,2,12-14,19-20H2,1H3,(H,34,36)/t28?,30-/m0/s1. The Morgan fingerprint density at radius 2 is 1.83 bits per heavy atom. The molecular formula is C31H33N3O2. The van der Waals surface area contributed by atoms with Gasteiger partial charge in [-0.3, -0.25) is 9.59 Å². The summed E-state index contributed by atoms with van der Waals surface area (Å²) in [7, 11) is 0. The molecule has 2 atom stereocenters. The smallest absolute Gasteiger partial charge is 0.237 e. The van der Waals surface area contributed by atoms with E-state index in [-0.39, 0.29) is 17.9 Å². The summed E-state index contributed by atoms with van der Waals surface area (Å²) in [5.41, 5.74) is 4.99. The fraction of sp³-hybridized carbons (Fsp3) is 0.323. The van der Waals surface area contributed by atoms with Crippen LogP contribution in [0.1, 0.15) is 59.2 Å². The van der Waals surface area contributed by atoms with E-state index in [4.69, 9.17) is 0 Å². The van der Waals surface area contributed by atoms with Gasteiger partial charge in [0.2, 0.25) is 5.91 Å². The van der Waals surface area contributed by atoms with E-state index in [1.54, 1.807) is 6.07 Å². The van der Waals surface area contributed by atoms with E-state index in [2.05, 4.69) is 34.9 Å². The first-order valence-corrected chi connectivity index (χ1v) is 12.8. The van der Waals surface area contributed by atoms with Crippen LogP contribution in [0, 0.1) is 17.2 Å². The van der Waals surface area contributed by atoms with Crippen molar-refractivity contribution in [2.45, 2.75) is 44.6 Å². The third-order valence-electron chi connectivity index (χ3n) is 6.87. The molecule has 184 valence electrons. The number of aldehydes is 1. The summed E-state index contributed by atoms with van der Waals surface area (Å²) in [5, 5.41) is 16.2. The summed E-state index contributed by atoms with van der Waals surface area (Å²) in [6.07, 6.45) is 4.72. The van der Waals surface area contributed by atoms with Crippen molar-refractivity contribution in [3.05, 3.63) is 95.1 Å². The highest BCUT2D eigenvalue weighted by molar-refractivity contribution is 5.82. The number of amides is 1. The molecule has 3 aromatic rings. The number of nitriles is 1. The Labute approximate surface area is 213 Å². The summed E-state index contributed by atoms with van der Waals surface area (Å²) >= 11 is 0. The topological polar surface area (TPSA) is 82.0 Å². The lowest BCUT2D eigenvalue weighted by atomic mass is 9.87. The van der Waals surface area contributed by atoms with E-state index >= 15 is 0 Å². The van der Waals surface area contributed by atoms with Crippen molar-refractivity contribution in [3.8, 4) is 17.2 Å². The zero-order chi connectivity index (χ0) is 25.3. The van der Waals surface area contributed by atoms with Gasteiger partial charge in [0, 0.05) is 24.6 Å². The number of nitrogens with zero attached hydrogens (tertiary/aromatic N) is 1. The lowest BCUT2D eigenvalue weighted by molar-refractivity contribution is -0.123. The number of nitrogens with one attached hydrogen (secondary N) is 2. The minimum Gasteiger partial charge on any atom is -0.354 e. The average Bonchev–Trinajstić information content (AvgIpc) is 3.76. The molecule has 3 aromatic carbocycles. The minimum atomic E-state index is -0.268. The molecular weight excluding hydrogens is 446 g/mol. The second kappa shape index (κ2) is 12.3. The molecule has 0 spiro atoms. The molecule has 5 heteroatoms. The number of rotatable bonds is 12. The molecule has 1 amide bonds. The SMILES string of the molecule is CC[C@H](NCC(Cc1ccccc1)c1cc(C=O)cc(-c2ccccc2C#N)c1)C(=O)NCC1CC1. The maximum atomic E-state index is 12.8. The summed E-state index contributed by atoms with van der Waals surface area (Å²) in [6, 6.07) is 25.5. The zero-order valence-corrected chi connectivity index (χ0v) is 20.7. The molecule has 36 heavy (non-hydrogen) atoms. The number of hydrogen-bond donors (Lipinski definition) is 2. The molecule has 0 aromatic heterocycles. The normalized spacial score (nSPS) is 14.4. The Hall–Kier alpha value is -3.75. The van der Waals surface area contributed by atoms with Crippen LogP contribution in [-0.4, -0.2) is 31.3 Å². The highest BCUT2D eigenvalue weighted by Gasteiger charge is 2.25. The average molecular weight is 480 g/mol. The Balaban J connectivity index is 1.62. The molecule has 1 aliphatic rings. The van der Waals surface area contributed by atoms with Crippen LogP contribution >= 0.6 is 0 Å². The summed E-state index contributed by atoms with van der Waals surface area (Å²) in [5.74, 6) is 0.719. The second-order valence-electron chi connectivity index (χ2n) is 9.61. The quantitative estimate of drug-likeness (QED) is 0.347. The van der Waals surface area contributed by atoms with Gasteiger partial charge in [0.15, 0.2) is 0 Å². The Morgan fingerprint density at radius 1 is 1.08 bits per heavy atom. The van der Waals surface area contributed by atoms with Crippen LogP contribution in [0.15, 0.2) is 72.8 Å². The van der Waals surface area contributed by atoms with E-state index < -0.39 is 0 Å². The van der Waals surface area contributed by atoms with E-state index in [0.717, 1.165) is 35.9 Å². The summed E-state index contributed by atoms with van der Waals surface area (Å²) in [4.78, 5) is 24.7. The number of hydrogen-bond acceptors (Lipinski definition) is 4. The number of carbonyl (C=O) groups excluding carboxylic acids is 2. The lowest BCUT2D eigenvalue weighted by Crippen LogP contribution is -2.45. The van der Waals surface area contributed by atoms with Crippen molar-refractivity contribution in [1.82, 2.24) is 10.6 Å². The molecule has 2 N–H and O–H groups in total. The van der Waals surface area contributed by atoms with Crippen molar-refractivity contribution in [2.24, 2.45) is 5.92 Å². The fourth-order valence-electron chi connectivity index (χ4n) is 4.57. The van der Waals surface area contributed by atoms with Gasteiger partial charge in [-0.05, 0) is 72.1 Å². The van der Waals surface area contributed by atoms with Gasteiger partial charge < -0.3 is 10.6 Å². The highest BCUT2D eigenvalue weighted by atomic mass is 16.2. The van der Waals surface area contributed by atoms with Crippen LogP contribution in [-0.2, 0) is 11.2 Å². The maximum absolute atomic E-state index is 12.8. The van der Waals surface area contributed by atoms with Gasteiger partial charge in [0.05, 0.1) is 17.7 Å². The maximum Gasteiger partial charge on any atom is 0.237 e. The monoisotopic (exact) mass is 479 g/mol. The van der Waals surface area contributed by atoms with Crippen LogP contribution in [0.5, 0.6) is 0 Å². The lowest BCUT2D eigenvalue weighted by Gasteiger charge is -2.24. The fourth-order valence-corrected chi connectivity index (χ4v) is 4.57. The third-order valence-corrected chi connectivity index (χ3v) is 6.87. The van der Waals surface area contributed by atoms with Crippen LogP contribution in [0.3, 0.4) is 0 Å². The molecule has 0 radical (unpaired) electrons. The van der Waals surface area contributed by atoms with Gasteiger partial charge in [-0.2, -0.15) is 5.26 Å². The molecule has 5 nitrogen and oxygen atoms in total.